The molecule has 4 rings (SSSR count). The molecule has 0 saturated heterocycles. The van der Waals surface area contributed by atoms with Crippen LogP contribution in [0.1, 0.15) is 32.2 Å². The van der Waals surface area contributed by atoms with Gasteiger partial charge >= 0.3 is 5.97 Å². The smallest absolute Gasteiger partial charge is 0.371 e. The van der Waals surface area contributed by atoms with Gasteiger partial charge in [0.2, 0.25) is 5.76 Å². The first-order valence-corrected chi connectivity index (χ1v) is 9.38. The van der Waals surface area contributed by atoms with Crippen molar-refractivity contribution >= 4 is 40.6 Å². The van der Waals surface area contributed by atoms with Crippen molar-refractivity contribution < 1.29 is 19.1 Å². The van der Waals surface area contributed by atoms with Gasteiger partial charge in [-0.1, -0.05) is 29.8 Å². The zero-order valence-electron chi connectivity index (χ0n) is 15.6. The summed E-state index contributed by atoms with van der Waals surface area (Å²) in [6.45, 7) is 0.360. The van der Waals surface area contributed by atoms with Gasteiger partial charge in [-0.05, 0) is 42.5 Å². The number of halogens is 1. The van der Waals surface area contributed by atoms with Gasteiger partial charge in [0, 0.05) is 33.2 Å². The number of amides is 1. The first-order valence-electron chi connectivity index (χ1n) is 9.00. The average Bonchev–Trinajstić information content (AvgIpc) is 3.34. The van der Waals surface area contributed by atoms with E-state index in [9.17, 15) is 9.59 Å². The molecule has 1 amide bonds. The van der Waals surface area contributed by atoms with Crippen LogP contribution >= 0.6 is 11.6 Å². The lowest BCUT2D eigenvalue weighted by Crippen LogP contribution is -2.17. The van der Waals surface area contributed by atoms with Crippen LogP contribution in [0.5, 0.6) is 0 Å². The maximum Gasteiger partial charge on any atom is 0.371 e. The molecule has 2 aromatic heterocycles. The predicted octanol–water partition coefficient (Wildman–Crippen LogP) is 4.40. The van der Waals surface area contributed by atoms with Crippen LogP contribution < -0.4 is 5.43 Å². The molecule has 0 fully saturated rings. The Bertz CT molecular complexity index is 1260. The summed E-state index contributed by atoms with van der Waals surface area (Å²) in [5, 5.41) is 14.6. The highest BCUT2D eigenvalue weighted by atomic mass is 35.5. The van der Waals surface area contributed by atoms with Crippen LogP contribution in [0.2, 0.25) is 5.02 Å². The summed E-state index contributed by atoms with van der Waals surface area (Å²) >= 11 is 5.83. The number of para-hydroxylation sites is 1. The minimum absolute atomic E-state index is 0.104. The zero-order valence-corrected chi connectivity index (χ0v) is 16.3. The van der Waals surface area contributed by atoms with Crippen LogP contribution in [0.3, 0.4) is 0 Å². The molecule has 0 aliphatic carbocycles. The molecule has 2 heterocycles. The SMILES string of the molecule is O=C(NN=Cc1cn(Cc2ccc(C(=O)O)o2)c2ccccc12)c1ccc(Cl)cc1. The lowest BCUT2D eigenvalue weighted by atomic mass is 10.2. The first-order chi connectivity index (χ1) is 14.5. The van der Waals surface area contributed by atoms with Gasteiger partial charge in [-0.3, -0.25) is 4.79 Å². The van der Waals surface area contributed by atoms with Crippen molar-refractivity contribution in [2.24, 2.45) is 5.10 Å². The molecule has 2 N–H and O–H groups in total. The molecule has 0 spiro atoms. The maximum atomic E-state index is 12.2. The minimum atomic E-state index is -1.11. The summed E-state index contributed by atoms with van der Waals surface area (Å²) in [6.07, 6.45) is 3.43. The number of rotatable bonds is 6. The van der Waals surface area contributed by atoms with Crippen molar-refractivity contribution in [1.29, 1.82) is 0 Å². The Kier molecular flexibility index (Phi) is 5.36. The van der Waals surface area contributed by atoms with Gasteiger partial charge in [-0.2, -0.15) is 5.10 Å². The largest absolute Gasteiger partial charge is 0.475 e. The second-order valence-electron chi connectivity index (χ2n) is 6.51. The lowest BCUT2D eigenvalue weighted by molar-refractivity contribution is 0.0660. The molecule has 0 bridgehead atoms. The van der Waals surface area contributed by atoms with E-state index >= 15 is 0 Å². The highest BCUT2D eigenvalue weighted by Gasteiger charge is 2.12. The Morgan fingerprint density at radius 3 is 2.60 bits per heavy atom. The zero-order chi connectivity index (χ0) is 21.1. The second kappa shape index (κ2) is 8.26. The highest BCUT2D eigenvalue weighted by molar-refractivity contribution is 6.30. The van der Waals surface area contributed by atoms with Crippen molar-refractivity contribution in [1.82, 2.24) is 9.99 Å². The normalized spacial score (nSPS) is 11.2. The van der Waals surface area contributed by atoms with E-state index in [1.54, 1.807) is 36.5 Å². The number of aromatic nitrogens is 1. The number of aromatic carboxylic acids is 1. The molecule has 2 aromatic carbocycles. The number of nitrogens with zero attached hydrogens (tertiary/aromatic N) is 2. The molecule has 8 heteroatoms. The molecular formula is C22H16ClN3O4. The fraction of sp³-hybridized carbons (Fsp3) is 0.0455. The van der Waals surface area contributed by atoms with Crippen LogP contribution in [0, 0.1) is 0 Å². The van der Waals surface area contributed by atoms with Crippen molar-refractivity contribution in [3.63, 3.8) is 0 Å². The van der Waals surface area contributed by atoms with E-state index in [1.165, 1.54) is 6.07 Å². The maximum absolute atomic E-state index is 12.2. The molecule has 0 aliphatic heterocycles. The number of nitrogens with one attached hydrogen (secondary N) is 1. The quantitative estimate of drug-likeness (QED) is 0.356. The van der Waals surface area contributed by atoms with Crippen LogP contribution in [0.15, 0.2) is 76.4 Å². The Balaban J connectivity index is 1.55. The van der Waals surface area contributed by atoms with Gasteiger partial charge < -0.3 is 14.1 Å². The number of hydrogen-bond acceptors (Lipinski definition) is 4. The Morgan fingerprint density at radius 1 is 1.10 bits per heavy atom. The van der Waals surface area contributed by atoms with Crippen LogP contribution in [-0.4, -0.2) is 27.8 Å². The van der Waals surface area contributed by atoms with Crippen LogP contribution in [-0.2, 0) is 6.54 Å². The van der Waals surface area contributed by atoms with E-state index in [0.717, 1.165) is 16.5 Å². The third kappa shape index (κ3) is 4.11. The lowest BCUT2D eigenvalue weighted by Gasteiger charge is -2.02. The number of carboxylic acids is 1. The van der Waals surface area contributed by atoms with Gasteiger partial charge in [0.15, 0.2) is 0 Å². The number of hydrogen-bond donors (Lipinski definition) is 2. The van der Waals surface area contributed by atoms with Crippen LogP contribution in [0.4, 0.5) is 0 Å². The van der Waals surface area contributed by atoms with E-state index in [2.05, 4.69) is 10.5 Å². The predicted molar refractivity (Wildman–Crippen MR) is 113 cm³/mol. The highest BCUT2D eigenvalue weighted by Crippen LogP contribution is 2.22. The Morgan fingerprint density at radius 2 is 1.87 bits per heavy atom. The van der Waals surface area contributed by atoms with Crippen molar-refractivity contribution in [3.05, 3.63) is 94.5 Å². The summed E-state index contributed by atoms with van der Waals surface area (Å²) in [5.74, 6) is -1.04. The number of hydrazone groups is 1. The molecule has 150 valence electrons. The van der Waals surface area contributed by atoms with Crippen molar-refractivity contribution in [2.75, 3.05) is 0 Å². The molecule has 30 heavy (non-hydrogen) atoms. The summed E-state index contributed by atoms with van der Waals surface area (Å²) < 4.78 is 7.29. The molecular weight excluding hydrogens is 406 g/mol. The number of furan rings is 1. The molecule has 0 unspecified atom stereocenters. The van der Waals surface area contributed by atoms with Gasteiger partial charge in [-0.15, -0.1) is 0 Å². The van der Waals surface area contributed by atoms with E-state index in [-0.39, 0.29) is 11.7 Å². The number of fused-ring (bicyclic) bond motifs is 1. The number of carboxylic acid groups (broad SMARTS) is 1. The minimum Gasteiger partial charge on any atom is -0.475 e. The molecule has 7 nitrogen and oxygen atoms in total. The van der Waals surface area contributed by atoms with E-state index in [1.807, 2.05) is 35.0 Å². The number of carbonyl (C=O) groups excluding carboxylic acids is 1. The van der Waals surface area contributed by atoms with E-state index < -0.39 is 5.97 Å². The standard InChI is InChI=1S/C22H16ClN3O4/c23-16-7-5-14(6-8-16)21(27)25-24-11-15-12-26(19-4-2-1-3-18(15)19)13-17-9-10-20(30-17)22(28)29/h1-12H,13H2,(H,25,27)(H,28,29). The van der Waals surface area contributed by atoms with Gasteiger partial charge in [0.05, 0.1) is 12.8 Å². The number of carbonyl (C=O) groups is 2. The topological polar surface area (TPSA) is 96.8 Å². The van der Waals surface area contributed by atoms with Crippen molar-refractivity contribution in [2.45, 2.75) is 6.54 Å². The van der Waals surface area contributed by atoms with E-state index in [4.69, 9.17) is 21.1 Å². The van der Waals surface area contributed by atoms with Gasteiger partial charge in [0.25, 0.3) is 5.91 Å². The summed E-state index contributed by atoms with van der Waals surface area (Å²) in [6, 6.07) is 17.3. The average molecular weight is 422 g/mol. The Labute approximate surface area is 176 Å². The first kappa shape index (κ1) is 19.5. The molecule has 0 radical (unpaired) electrons. The molecule has 0 aliphatic rings. The summed E-state index contributed by atoms with van der Waals surface area (Å²) in [5.41, 5.74) is 4.68. The fourth-order valence-electron chi connectivity index (χ4n) is 3.08. The molecule has 0 atom stereocenters. The third-order valence-electron chi connectivity index (χ3n) is 4.49. The van der Waals surface area contributed by atoms with Gasteiger partial charge in [0.1, 0.15) is 5.76 Å². The second-order valence-corrected chi connectivity index (χ2v) is 6.94. The summed E-state index contributed by atoms with van der Waals surface area (Å²) in [7, 11) is 0. The fourth-order valence-corrected chi connectivity index (χ4v) is 3.21. The Hall–Kier alpha value is -3.84. The summed E-state index contributed by atoms with van der Waals surface area (Å²) in [4.78, 5) is 23.2. The van der Waals surface area contributed by atoms with Crippen LogP contribution in [0.25, 0.3) is 10.9 Å². The third-order valence-corrected chi connectivity index (χ3v) is 4.75. The monoisotopic (exact) mass is 421 g/mol. The molecule has 0 saturated carbocycles. The molecule has 4 aromatic rings. The number of benzene rings is 2. The van der Waals surface area contributed by atoms with E-state index in [0.29, 0.717) is 22.9 Å². The van der Waals surface area contributed by atoms with Crippen molar-refractivity contribution in [3.8, 4) is 0 Å². The van der Waals surface area contributed by atoms with Gasteiger partial charge in [-0.25, -0.2) is 10.2 Å².